The lowest BCUT2D eigenvalue weighted by Gasteiger charge is -2.36. The second-order valence-electron chi connectivity index (χ2n) is 6.90. The Kier molecular flexibility index (Phi) is 4.75. The van der Waals surface area contributed by atoms with Gasteiger partial charge >= 0.3 is 0 Å². The van der Waals surface area contributed by atoms with E-state index in [1.54, 1.807) is 12.3 Å². The van der Waals surface area contributed by atoms with Crippen LogP contribution in [0.25, 0.3) is 11.0 Å². The van der Waals surface area contributed by atoms with Gasteiger partial charge in [0.1, 0.15) is 5.65 Å². The molecule has 2 aromatic heterocycles. The second-order valence-corrected chi connectivity index (χ2v) is 8.65. The summed E-state index contributed by atoms with van der Waals surface area (Å²) < 4.78 is 25.4. The largest absolute Gasteiger partial charge is 0.369 e. The van der Waals surface area contributed by atoms with Crippen LogP contribution in [0.4, 0.5) is 11.4 Å². The molecule has 1 saturated heterocycles. The SMILES string of the molecule is CS(=O)(=O)Nc1cccc(N2CCN(Cc3c[nH]c4ncccc34)CC2)c1. The molecule has 7 nitrogen and oxygen atoms in total. The van der Waals surface area contributed by atoms with Gasteiger partial charge in [0.15, 0.2) is 0 Å². The van der Waals surface area contributed by atoms with E-state index in [-0.39, 0.29) is 0 Å². The number of nitrogens with one attached hydrogen (secondary N) is 2. The highest BCUT2D eigenvalue weighted by atomic mass is 32.2. The lowest BCUT2D eigenvalue weighted by atomic mass is 10.2. The standard InChI is InChI=1S/C19H23N5O2S/c1-27(25,26)22-16-4-2-5-17(12-16)24-10-8-23(9-11-24)14-15-13-21-19-18(15)6-3-7-20-19/h2-7,12-13,22H,8-11,14H2,1H3,(H,20,21). The van der Waals surface area contributed by atoms with E-state index in [9.17, 15) is 8.42 Å². The van der Waals surface area contributed by atoms with Crippen molar-refractivity contribution in [3.63, 3.8) is 0 Å². The van der Waals surface area contributed by atoms with Crippen molar-refractivity contribution in [3.8, 4) is 0 Å². The number of fused-ring (bicyclic) bond motifs is 1. The Morgan fingerprint density at radius 3 is 2.74 bits per heavy atom. The molecule has 0 spiro atoms. The van der Waals surface area contributed by atoms with Crippen LogP contribution < -0.4 is 9.62 Å². The second kappa shape index (κ2) is 7.21. The molecule has 8 heteroatoms. The van der Waals surface area contributed by atoms with Gasteiger partial charge in [-0.05, 0) is 35.9 Å². The molecule has 1 aliphatic heterocycles. The molecule has 0 amide bonds. The number of sulfonamides is 1. The molecule has 27 heavy (non-hydrogen) atoms. The molecule has 3 aromatic rings. The summed E-state index contributed by atoms with van der Waals surface area (Å²) >= 11 is 0. The van der Waals surface area contributed by atoms with E-state index in [1.165, 1.54) is 17.2 Å². The van der Waals surface area contributed by atoms with Crippen molar-refractivity contribution < 1.29 is 8.42 Å². The van der Waals surface area contributed by atoms with Crippen molar-refractivity contribution in [3.05, 3.63) is 54.4 Å². The molecule has 0 radical (unpaired) electrons. The highest BCUT2D eigenvalue weighted by Gasteiger charge is 2.19. The number of hydrogen-bond acceptors (Lipinski definition) is 5. The number of piperazine rings is 1. The molecule has 2 N–H and O–H groups in total. The predicted octanol–water partition coefficient (Wildman–Crippen LogP) is 2.26. The Labute approximate surface area is 159 Å². The van der Waals surface area contributed by atoms with Crippen LogP contribution in [-0.4, -0.2) is 55.7 Å². The van der Waals surface area contributed by atoms with Crippen LogP contribution in [0, 0.1) is 0 Å². The minimum atomic E-state index is -3.27. The summed E-state index contributed by atoms with van der Waals surface area (Å²) in [6.45, 7) is 4.62. The molecule has 1 fully saturated rings. The van der Waals surface area contributed by atoms with Crippen LogP contribution in [0.5, 0.6) is 0 Å². The molecule has 0 saturated carbocycles. The van der Waals surface area contributed by atoms with E-state index >= 15 is 0 Å². The Morgan fingerprint density at radius 1 is 1.15 bits per heavy atom. The first-order valence-corrected chi connectivity index (χ1v) is 10.8. The number of aromatic amines is 1. The van der Waals surface area contributed by atoms with E-state index in [0.717, 1.165) is 44.1 Å². The monoisotopic (exact) mass is 385 g/mol. The molecule has 0 atom stereocenters. The van der Waals surface area contributed by atoms with Crippen molar-refractivity contribution in [2.75, 3.05) is 42.1 Å². The molecule has 1 aromatic carbocycles. The van der Waals surface area contributed by atoms with E-state index < -0.39 is 10.0 Å². The van der Waals surface area contributed by atoms with Gasteiger partial charge in [0.05, 0.1) is 11.9 Å². The third kappa shape index (κ3) is 4.23. The number of rotatable bonds is 5. The quantitative estimate of drug-likeness (QED) is 0.704. The first-order chi connectivity index (χ1) is 13.0. The highest BCUT2D eigenvalue weighted by Crippen LogP contribution is 2.23. The normalized spacial score (nSPS) is 16.0. The van der Waals surface area contributed by atoms with Crippen molar-refractivity contribution in [2.45, 2.75) is 6.54 Å². The van der Waals surface area contributed by atoms with Gasteiger partial charge in [-0.2, -0.15) is 0 Å². The average molecular weight is 385 g/mol. The van der Waals surface area contributed by atoms with Crippen LogP contribution in [0.3, 0.4) is 0 Å². The van der Waals surface area contributed by atoms with Gasteiger partial charge < -0.3 is 9.88 Å². The molecule has 0 unspecified atom stereocenters. The zero-order valence-corrected chi connectivity index (χ0v) is 16.0. The Morgan fingerprint density at radius 2 is 1.96 bits per heavy atom. The first-order valence-electron chi connectivity index (χ1n) is 8.94. The minimum Gasteiger partial charge on any atom is -0.369 e. The summed E-state index contributed by atoms with van der Waals surface area (Å²) in [7, 11) is -3.27. The summed E-state index contributed by atoms with van der Waals surface area (Å²) in [4.78, 5) is 12.3. The van der Waals surface area contributed by atoms with Crippen LogP contribution in [0.2, 0.25) is 0 Å². The summed E-state index contributed by atoms with van der Waals surface area (Å²) in [5.74, 6) is 0. The number of hydrogen-bond donors (Lipinski definition) is 2. The van der Waals surface area contributed by atoms with E-state index in [1.807, 2.05) is 30.5 Å². The van der Waals surface area contributed by atoms with E-state index in [4.69, 9.17) is 0 Å². The highest BCUT2D eigenvalue weighted by molar-refractivity contribution is 7.92. The lowest BCUT2D eigenvalue weighted by Crippen LogP contribution is -2.45. The topological polar surface area (TPSA) is 81.3 Å². The van der Waals surface area contributed by atoms with Gasteiger partial charge in [0, 0.05) is 56.2 Å². The fourth-order valence-corrected chi connectivity index (χ4v) is 4.08. The molecule has 142 valence electrons. The number of aromatic nitrogens is 2. The van der Waals surface area contributed by atoms with Gasteiger partial charge in [-0.1, -0.05) is 6.07 Å². The van der Waals surface area contributed by atoms with Crippen molar-refractivity contribution in [1.82, 2.24) is 14.9 Å². The number of benzene rings is 1. The Hall–Kier alpha value is -2.58. The van der Waals surface area contributed by atoms with Crippen molar-refractivity contribution >= 4 is 32.4 Å². The third-order valence-electron chi connectivity index (χ3n) is 4.82. The lowest BCUT2D eigenvalue weighted by molar-refractivity contribution is 0.250. The van der Waals surface area contributed by atoms with Gasteiger partial charge in [-0.15, -0.1) is 0 Å². The number of H-pyrrole nitrogens is 1. The number of anilines is 2. The van der Waals surface area contributed by atoms with Crippen molar-refractivity contribution in [2.24, 2.45) is 0 Å². The Bertz CT molecular complexity index is 1040. The Balaban J connectivity index is 1.40. The molecule has 1 aliphatic rings. The van der Waals surface area contributed by atoms with Gasteiger partial charge in [-0.25, -0.2) is 13.4 Å². The van der Waals surface area contributed by atoms with Crippen LogP contribution in [0.15, 0.2) is 48.8 Å². The fourth-order valence-electron chi connectivity index (χ4n) is 3.53. The smallest absolute Gasteiger partial charge is 0.229 e. The molecule has 4 rings (SSSR count). The van der Waals surface area contributed by atoms with Crippen LogP contribution in [0.1, 0.15) is 5.56 Å². The first kappa shape index (κ1) is 17.8. The average Bonchev–Trinajstić information content (AvgIpc) is 3.04. The molecular formula is C19H23N5O2S. The van der Waals surface area contributed by atoms with Gasteiger partial charge in [0.25, 0.3) is 0 Å². The van der Waals surface area contributed by atoms with Gasteiger partial charge in [-0.3, -0.25) is 9.62 Å². The molecule has 3 heterocycles. The predicted molar refractivity (Wildman–Crippen MR) is 108 cm³/mol. The number of nitrogens with zero attached hydrogens (tertiary/aromatic N) is 3. The maximum Gasteiger partial charge on any atom is 0.229 e. The van der Waals surface area contributed by atoms with Crippen LogP contribution in [-0.2, 0) is 16.6 Å². The van der Waals surface area contributed by atoms with E-state index in [2.05, 4.69) is 30.6 Å². The minimum absolute atomic E-state index is 0.601. The summed E-state index contributed by atoms with van der Waals surface area (Å²) in [5.41, 5.74) is 3.84. The summed E-state index contributed by atoms with van der Waals surface area (Å²) in [6, 6.07) is 11.6. The van der Waals surface area contributed by atoms with E-state index in [0.29, 0.717) is 5.69 Å². The zero-order valence-electron chi connectivity index (χ0n) is 15.2. The summed E-state index contributed by atoms with van der Waals surface area (Å²) in [5, 5.41) is 1.18. The summed E-state index contributed by atoms with van der Waals surface area (Å²) in [6.07, 6.45) is 5.01. The fraction of sp³-hybridized carbons (Fsp3) is 0.316. The molecular weight excluding hydrogens is 362 g/mol. The van der Waals surface area contributed by atoms with Crippen molar-refractivity contribution in [1.29, 1.82) is 0 Å². The van der Waals surface area contributed by atoms with Gasteiger partial charge in [0.2, 0.25) is 10.0 Å². The number of pyridine rings is 1. The third-order valence-corrected chi connectivity index (χ3v) is 5.42. The van der Waals surface area contributed by atoms with Crippen LogP contribution >= 0.6 is 0 Å². The molecule has 0 aliphatic carbocycles. The zero-order chi connectivity index (χ0) is 18.9. The molecule has 0 bridgehead atoms. The maximum atomic E-state index is 11.4. The maximum absolute atomic E-state index is 11.4.